The molecule has 0 aromatic heterocycles. The van der Waals surface area contributed by atoms with Crippen LogP contribution >= 0.6 is 0 Å². The molecule has 2 aliphatic rings. The SMILES string of the molecule is COC[C@H]1CN(C(=O)c2cccc(N3CCCC3=O)c2)CC(C)(C)O1. The van der Waals surface area contributed by atoms with Crippen LogP contribution in [0.25, 0.3) is 0 Å². The number of carbonyl (C=O) groups excluding carboxylic acids is 2. The number of carbonyl (C=O) groups is 2. The Balaban J connectivity index is 1.79. The van der Waals surface area contributed by atoms with Crippen molar-refractivity contribution in [1.82, 2.24) is 4.90 Å². The Bertz CT molecular complexity index is 659. The number of ether oxygens (including phenoxy) is 2. The van der Waals surface area contributed by atoms with Gasteiger partial charge in [0.15, 0.2) is 0 Å². The molecular weight excluding hydrogens is 320 g/mol. The lowest BCUT2D eigenvalue weighted by atomic mass is 10.0. The summed E-state index contributed by atoms with van der Waals surface area (Å²) in [4.78, 5) is 28.5. The van der Waals surface area contributed by atoms with E-state index in [0.717, 1.165) is 18.7 Å². The second-order valence-electron chi connectivity index (χ2n) is 7.34. The summed E-state index contributed by atoms with van der Waals surface area (Å²) in [6.07, 6.45) is 1.31. The molecule has 0 N–H and O–H groups in total. The quantitative estimate of drug-likeness (QED) is 0.837. The average molecular weight is 346 g/mol. The van der Waals surface area contributed by atoms with Crippen LogP contribution in [0, 0.1) is 0 Å². The highest BCUT2D eigenvalue weighted by Gasteiger charge is 2.36. The molecule has 0 aliphatic carbocycles. The van der Waals surface area contributed by atoms with Gasteiger partial charge in [0.2, 0.25) is 5.91 Å². The first-order valence-electron chi connectivity index (χ1n) is 8.76. The Morgan fingerprint density at radius 3 is 2.88 bits per heavy atom. The van der Waals surface area contributed by atoms with Crippen molar-refractivity contribution in [1.29, 1.82) is 0 Å². The predicted molar refractivity (Wildman–Crippen MR) is 94.8 cm³/mol. The number of hydrogen-bond acceptors (Lipinski definition) is 4. The number of rotatable bonds is 4. The number of hydrogen-bond donors (Lipinski definition) is 0. The number of methoxy groups -OCH3 is 1. The standard InChI is InChI=1S/C19H26N2O4/c1-19(2)13-20(11-16(25-19)12-24-3)18(23)14-6-4-7-15(10-14)21-9-5-8-17(21)22/h4,6-7,10,16H,5,8-9,11-13H2,1-3H3/t16-/m1/s1. The van der Waals surface area contributed by atoms with E-state index in [0.29, 0.717) is 31.7 Å². The van der Waals surface area contributed by atoms with Crippen LogP contribution in [-0.4, -0.2) is 61.8 Å². The van der Waals surface area contributed by atoms with Crippen molar-refractivity contribution in [2.24, 2.45) is 0 Å². The van der Waals surface area contributed by atoms with Gasteiger partial charge in [0.1, 0.15) is 0 Å². The van der Waals surface area contributed by atoms with Gasteiger partial charge in [-0.15, -0.1) is 0 Å². The summed E-state index contributed by atoms with van der Waals surface area (Å²) < 4.78 is 11.2. The van der Waals surface area contributed by atoms with Crippen molar-refractivity contribution >= 4 is 17.5 Å². The molecule has 0 saturated carbocycles. The highest BCUT2D eigenvalue weighted by molar-refractivity contribution is 5.99. The topological polar surface area (TPSA) is 59.1 Å². The van der Waals surface area contributed by atoms with Crippen molar-refractivity contribution in [2.75, 3.05) is 38.3 Å². The lowest BCUT2D eigenvalue weighted by molar-refractivity contribution is -0.143. The summed E-state index contributed by atoms with van der Waals surface area (Å²) in [7, 11) is 1.63. The van der Waals surface area contributed by atoms with E-state index >= 15 is 0 Å². The predicted octanol–water partition coefficient (Wildman–Crippen LogP) is 2.08. The van der Waals surface area contributed by atoms with Crippen molar-refractivity contribution < 1.29 is 19.1 Å². The molecule has 25 heavy (non-hydrogen) atoms. The highest BCUT2D eigenvalue weighted by Crippen LogP contribution is 2.26. The summed E-state index contributed by atoms with van der Waals surface area (Å²) in [5.41, 5.74) is 0.986. The van der Waals surface area contributed by atoms with Gasteiger partial charge in [0.05, 0.1) is 18.3 Å². The van der Waals surface area contributed by atoms with Gasteiger partial charge < -0.3 is 19.3 Å². The third-order valence-electron chi connectivity index (χ3n) is 4.60. The fourth-order valence-electron chi connectivity index (χ4n) is 3.63. The zero-order chi connectivity index (χ0) is 18.0. The maximum absolute atomic E-state index is 13.0. The van der Waals surface area contributed by atoms with Crippen molar-refractivity contribution in [3.8, 4) is 0 Å². The maximum atomic E-state index is 13.0. The molecule has 6 nitrogen and oxygen atoms in total. The zero-order valence-electron chi connectivity index (χ0n) is 15.2. The van der Waals surface area contributed by atoms with Crippen LogP contribution in [-0.2, 0) is 14.3 Å². The van der Waals surface area contributed by atoms with Gasteiger partial charge in [-0.25, -0.2) is 0 Å². The highest BCUT2D eigenvalue weighted by atomic mass is 16.5. The maximum Gasteiger partial charge on any atom is 0.254 e. The molecule has 2 fully saturated rings. The van der Waals surface area contributed by atoms with E-state index in [4.69, 9.17) is 9.47 Å². The van der Waals surface area contributed by atoms with Gasteiger partial charge in [0.25, 0.3) is 5.91 Å². The Labute approximate surface area is 148 Å². The second kappa shape index (κ2) is 7.14. The Morgan fingerprint density at radius 1 is 1.40 bits per heavy atom. The van der Waals surface area contributed by atoms with E-state index in [-0.39, 0.29) is 17.9 Å². The van der Waals surface area contributed by atoms with E-state index in [1.807, 2.05) is 36.9 Å². The summed E-state index contributed by atoms with van der Waals surface area (Å²) in [5.74, 6) is 0.0863. The van der Waals surface area contributed by atoms with Crippen LogP contribution in [0.5, 0.6) is 0 Å². The molecular formula is C19H26N2O4. The third kappa shape index (κ3) is 4.02. The van der Waals surface area contributed by atoms with Gasteiger partial charge in [-0.05, 0) is 38.5 Å². The molecule has 2 heterocycles. The van der Waals surface area contributed by atoms with Crippen LogP contribution < -0.4 is 4.90 Å². The first kappa shape index (κ1) is 17.9. The van der Waals surface area contributed by atoms with Crippen molar-refractivity contribution in [3.63, 3.8) is 0 Å². The molecule has 136 valence electrons. The van der Waals surface area contributed by atoms with E-state index in [9.17, 15) is 9.59 Å². The van der Waals surface area contributed by atoms with Crippen LogP contribution in [0.15, 0.2) is 24.3 Å². The van der Waals surface area contributed by atoms with Gasteiger partial charge in [-0.3, -0.25) is 9.59 Å². The molecule has 1 aromatic carbocycles. The third-order valence-corrected chi connectivity index (χ3v) is 4.60. The monoisotopic (exact) mass is 346 g/mol. The molecule has 2 amide bonds. The van der Waals surface area contributed by atoms with E-state index < -0.39 is 5.60 Å². The molecule has 3 rings (SSSR count). The Morgan fingerprint density at radius 2 is 2.20 bits per heavy atom. The number of benzene rings is 1. The smallest absolute Gasteiger partial charge is 0.254 e. The molecule has 1 atom stereocenters. The molecule has 1 aromatic rings. The van der Waals surface area contributed by atoms with E-state index in [1.54, 1.807) is 18.1 Å². The van der Waals surface area contributed by atoms with E-state index in [1.165, 1.54) is 0 Å². The first-order chi connectivity index (χ1) is 11.9. The van der Waals surface area contributed by atoms with Crippen LogP contribution in [0.2, 0.25) is 0 Å². The summed E-state index contributed by atoms with van der Waals surface area (Å²) >= 11 is 0. The summed E-state index contributed by atoms with van der Waals surface area (Å²) in [6.45, 7) is 6.16. The van der Waals surface area contributed by atoms with Gasteiger partial charge in [0, 0.05) is 44.4 Å². The molecule has 0 radical (unpaired) electrons. The number of nitrogens with zero attached hydrogens (tertiary/aromatic N) is 2. The minimum absolute atomic E-state index is 0.0361. The summed E-state index contributed by atoms with van der Waals surface area (Å²) in [6, 6.07) is 7.35. The molecule has 2 aliphatic heterocycles. The minimum atomic E-state index is -0.417. The van der Waals surface area contributed by atoms with Gasteiger partial charge in [-0.2, -0.15) is 0 Å². The lowest BCUT2D eigenvalue weighted by Gasteiger charge is -2.42. The van der Waals surface area contributed by atoms with Gasteiger partial charge >= 0.3 is 0 Å². The van der Waals surface area contributed by atoms with Crippen LogP contribution in [0.3, 0.4) is 0 Å². The molecule has 2 saturated heterocycles. The zero-order valence-corrected chi connectivity index (χ0v) is 15.2. The average Bonchev–Trinajstić information content (AvgIpc) is 2.99. The molecule has 0 bridgehead atoms. The van der Waals surface area contributed by atoms with Crippen molar-refractivity contribution in [2.45, 2.75) is 38.4 Å². The Hall–Kier alpha value is -1.92. The molecule has 6 heteroatoms. The largest absolute Gasteiger partial charge is 0.382 e. The van der Waals surface area contributed by atoms with Crippen LogP contribution in [0.4, 0.5) is 5.69 Å². The second-order valence-corrected chi connectivity index (χ2v) is 7.34. The number of amides is 2. The fourth-order valence-corrected chi connectivity index (χ4v) is 3.63. The van der Waals surface area contributed by atoms with Crippen LogP contribution in [0.1, 0.15) is 37.0 Å². The first-order valence-corrected chi connectivity index (χ1v) is 8.76. The van der Waals surface area contributed by atoms with E-state index in [2.05, 4.69) is 0 Å². The number of morpholine rings is 1. The lowest BCUT2D eigenvalue weighted by Crippen LogP contribution is -2.55. The number of anilines is 1. The molecule has 0 spiro atoms. The fraction of sp³-hybridized carbons (Fsp3) is 0.579. The minimum Gasteiger partial charge on any atom is -0.382 e. The van der Waals surface area contributed by atoms with Gasteiger partial charge in [-0.1, -0.05) is 6.07 Å². The Kier molecular flexibility index (Phi) is 5.11. The molecule has 0 unspecified atom stereocenters. The van der Waals surface area contributed by atoms with Crippen molar-refractivity contribution in [3.05, 3.63) is 29.8 Å². The summed E-state index contributed by atoms with van der Waals surface area (Å²) in [5, 5.41) is 0. The normalized spacial score (nSPS) is 23.2.